The predicted octanol–water partition coefficient (Wildman–Crippen LogP) is 3.26. The number of hydrogen-bond donors (Lipinski definition) is 1. The Hall–Kier alpha value is -1.87. The maximum Gasteiger partial charge on any atom is 0.266 e. The summed E-state index contributed by atoms with van der Waals surface area (Å²) < 4.78 is 3.78. The van der Waals surface area contributed by atoms with Gasteiger partial charge in [0.2, 0.25) is 0 Å². The van der Waals surface area contributed by atoms with Crippen LogP contribution in [-0.2, 0) is 0 Å². The summed E-state index contributed by atoms with van der Waals surface area (Å²) >= 11 is 1.39. The van der Waals surface area contributed by atoms with E-state index in [2.05, 4.69) is 4.37 Å². The molecule has 3 rings (SSSR count). The summed E-state index contributed by atoms with van der Waals surface area (Å²) in [4.78, 5) is 11.7. The molecule has 0 atom stereocenters. The Balaban J connectivity index is 2.40. The van der Waals surface area contributed by atoms with Crippen LogP contribution in [0.25, 0.3) is 21.2 Å². The molecule has 3 heteroatoms. The molecule has 0 saturated carbocycles. The molecule has 0 aliphatic rings. The lowest BCUT2D eigenvalue weighted by molar-refractivity contribution is 1.46. The fraction of sp³-hybridized carbons (Fsp3) is 0. The smallest absolute Gasteiger partial charge is 0.266 e. The van der Waals surface area contributed by atoms with Crippen LogP contribution >= 0.6 is 11.5 Å². The lowest BCUT2D eigenvalue weighted by atomic mass is 10.0. The minimum Gasteiger partial charge on any atom is -0.277 e. The van der Waals surface area contributed by atoms with E-state index in [4.69, 9.17) is 0 Å². The molecule has 2 aromatic carbocycles. The van der Waals surface area contributed by atoms with Gasteiger partial charge in [-0.3, -0.25) is 9.17 Å². The zero-order valence-corrected chi connectivity index (χ0v) is 9.25. The van der Waals surface area contributed by atoms with Crippen molar-refractivity contribution in [3.8, 4) is 11.1 Å². The topological polar surface area (TPSA) is 32.9 Å². The first-order valence-corrected chi connectivity index (χ1v) is 5.83. The quantitative estimate of drug-likeness (QED) is 0.680. The van der Waals surface area contributed by atoms with Gasteiger partial charge < -0.3 is 0 Å². The van der Waals surface area contributed by atoms with Gasteiger partial charge in [-0.1, -0.05) is 54.0 Å². The fourth-order valence-corrected chi connectivity index (χ4v) is 2.62. The van der Waals surface area contributed by atoms with Crippen LogP contribution in [0.1, 0.15) is 0 Å². The highest BCUT2D eigenvalue weighted by Crippen LogP contribution is 2.27. The van der Waals surface area contributed by atoms with Crippen molar-refractivity contribution in [2.75, 3.05) is 0 Å². The van der Waals surface area contributed by atoms with Gasteiger partial charge in [0, 0.05) is 0 Å². The third-order valence-corrected chi connectivity index (χ3v) is 3.44. The number of H-pyrrole nitrogens is 1. The Kier molecular flexibility index (Phi) is 2.11. The number of fused-ring (bicyclic) bond motifs is 1. The molecule has 0 saturated heterocycles. The van der Waals surface area contributed by atoms with Crippen molar-refractivity contribution in [3.63, 3.8) is 0 Å². The summed E-state index contributed by atoms with van der Waals surface area (Å²) in [6.07, 6.45) is 0. The van der Waals surface area contributed by atoms with Gasteiger partial charge in [0.05, 0.1) is 10.1 Å². The number of rotatable bonds is 1. The SMILES string of the molecule is O=c1[nH]sc2cccc(-c3ccccc3)c12. The highest BCUT2D eigenvalue weighted by Gasteiger charge is 2.07. The van der Waals surface area contributed by atoms with Crippen molar-refractivity contribution in [2.45, 2.75) is 0 Å². The molecule has 0 spiro atoms. The summed E-state index contributed by atoms with van der Waals surface area (Å²) in [6.45, 7) is 0. The van der Waals surface area contributed by atoms with Gasteiger partial charge in [-0.2, -0.15) is 0 Å². The highest BCUT2D eigenvalue weighted by molar-refractivity contribution is 7.13. The Morgan fingerprint density at radius 1 is 0.938 bits per heavy atom. The molecule has 0 bridgehead atoms. The first-order valence-electron chi connectivity index (χ1n) is 5.02. The molecule has 2 nitrogen and oxygen atoms in total. The van der Waals surface area contributed by atoms with Crippen molar-refractivity contribution >= 4 is 21.6 Å². The number of benzene rings is 2. The number of hydrogen-bond acceptors (Lipinski definition) is 2. The second-order valence-corrected chi connectivity index (χ2v) is 4.43. The molecule has 1 heterocycles. The zero-order valence-electron chi connectivity index (χ0n) is 8.44. The van der Waals surface area contributed by atoms with Crippen LogP contribution < -0.4 is 5.56 Å². The minimum absolute atomic E-state index is 0.000506. The molecule has 0 radical (unpaired) electrons. The van der Waals surface area contributed by atoms with Crippen LogP contribution in [0.2, 0.25) is 0 Å². The van der Waals surface area contributed by atoms with Crippen molar-refractivity contribution in [1.29, 1.82) is 0 Å². The van der Waals surface area contributed by atoms with Gasteiger partial charge in [0.25, 0.3) is 5.56 Å². The van der Waals surface area contributed by atoms with Crippen LogP contribution in [-0.4, -0.2) is 4.37 Å². The molecule has 0 aliphatic heterocycles. The number of aromatic nitrogens is 1. The Bertz CT molecular complexity index is 682. The summed E-state index contributed by atoms with van der Waals surface area (Å²) in [5.41, 5.74) is 2.08. The van der Waals surface area contributed by atoms with Gasteiger partial charge >= 0.3 is 0 Å². The first-order chi connectivity index (χ1) is 7.86. The van der Waals surface area contributed by atoms with Gasteiger partial charge in [0.15, 0.2) is 0 Å². The third-order valence-electron chi connectivity index (χ3n) is 2.59. The molecule has 78 valence electrons. The van der Waals surface area contributed by atoms with Crippen LogP contribution in [0.4, 0.5) is 0 Å². The average Bonchev–Trinajstić information content (AvgIpc) is 2.73. The summed E-state index contributed by atoms with van der Waals surface area (Å²) in [7, 11) is 0. The molecule has 1 N–H and O–H groups in total. The number of aromatic amines is 1. The van der Waals surface area contributed by atoms with Crippen LogP contribution in [0.15, 0.2) is 53.3 Å². The second-order valence-electron chi connectivity index (χ2n) is 3.58. The highest BCUT2D eigenvalue weighted by atomic mass is 32.1. The molecule has 0 aliphatic carbocycles. The fourth-order valence-electron chi connectivity index (χ4n) is 1.86. The molecule has 1 aromatic heterocycles. The molecule has 0 unspecified atom stereocenters. The van der Waals surface area contributed by atoms with E-state index in [9.17, 15) is 4.79 Å². The first kappa shape index (κ1) is 9.36. The predicted molar refractivity (Wildman–Crippen MR) is 67.9 cm³/mol. The summed E-state index contributed by atoms with van der Waals surface area (Å²) in [5.74, 6) is 0. The standard InChI is InChI=1S/C13H9NOS/c15-13-12-10(9-5-2-1-3-6-9)7-4-8-11(12)16-14-13/h1-8H,(H,14,15). The summed E-state index contributed by atoms with van der Waals surface area (Å²) in [5, 5.41) is 0.790. The molecular formula is C13H9NOS. The Morgan fingerprint density at radius 3 is 2.56 bits per heavy atom. The molecule has 0 amide bonds. The third kappa shape index (κ3) is 1.37. The lowest BCUT2D eigenvalue weighted by Gasteiger charge is -2.01. The maximum absolute atomic E-state index is 11.7. The average molecular weight is 227 g/mol. The van der Waals surface area contributed by atoms with E-state index in [0.717, 1.165) is 21.2 Å². The second kappa shape index (κ2) is 3.61. The number of nitrogens with one attached hydrogen (secondary N) is 1. The van der Waals surface area contributed by atoms with E-state index in [1.807, 2.05) is 48.5 Å². The van der Waals surface area contributed by atoms with Crippen molar-refractivity contribution in [2.24, 2.45) is 0 Å². The monoisotopic (exact) mass is 227 g/mol. The van der Waals surface area contributed by atoms with Crippen molar-refractivity contribution in [1.82, 2.24) is 4.37 Å². The van der Waals surface area contributed by atoms with Gasteiger partial charge in [-0.25, -0.2) is 0 Å². The van der Waals surface area contributed by atoms with E-state index < -0.39 is 0 Å². The van der Waals surface area contributed by atoms with Gasteiger partial charge in [-0.05, 0) is 17.2 Å². The van der Waals surface area contributed by atoms with E-state index in [-0.39, 0.29) is 5.56 Å². The maximum atomic E-state index is 11.7. The zero-order chi connectivity index (χ0) is 11.0. The molecule has 16 heavy (non-hydrogen) atoms. The molecule has 3 aromatic rings. The van der Waals surface area contributed by atoms with Crippen molar-refractivity contribution in [3.05, 3.63) is 58.9 Å². The Morgan fingerprint density at radius 2 is 1.75 bits per heavy atom. The van der Waals surface area contributed by atoms with E-state index >= 15 is 0 Å². The van der Waals surface area contributed by atoms with E-state index in [0.29, 0.717) is 0 Å². The van der Waals surface area contributed by atoms with Gasteiger partial charge in [0.1, 0.15) is 0 Å². The lowest BCUT2D eigenvalue weighted by Crippen LogP contribution is -1.98. The molecular weight excluding hydrogens is 218 g/mol. The Labute approximate surface area is 96.3 Å². The van der Waals surface area contributed by atoms with Crippen LogP contribution in [0.5, 0.6) is 0 Å². The van der Waals surface area contributed by atoms with Crippen LogP contribution in [0.3, 0.4) is 0 Å². The van der Waals surface area contributed by atoms with Gasteiger partial charge in [-0.15, -0.1) is 0 Å². The largest absolute Gasteiger partial charge is 0.277 e. The summed E-state index contributed by atoms with van der Waals surface area (Å²) in [6, 6.07) is 15.9. The molecule has 0 fully saturated rings. The normalized spacial score (nSPS) is 10.8. The van der Waals surface area contributed by atoms with Crippen molar-refractivity contribution < 1.29 is 0 Å². The van der Waals surface area contributed by atoms with E-state index in [1.165, 1.54) is 11.5 Å². The van der Waals surface area contributed by atoms with E-state index in [1.54, 1.807) is 0 Å². The van der Waals surface area contributed by atoms with Crippen LogP contribution in [0, 0.1) is 0 Å². The minimum atomic E-state index is -0.000506.